The highest BCUT2D eigenvalue weighted by Gasteiger charge is 2.00. The number of benzene rings is 2. The molecule has 0 atom stereocenters. The first-order valence-electron chi connectivity index (χ1n) is 7.18. The Morgan fingerprint density at radius 2 is 2.09 bits per heavy atom. The lowest BCUT2D eigenvalue weighted by molar-refractivity contribution is 0.141. The normalized spacial score (nSPS) is 9.91. The number of rotatable bonds is 3. The molecule has 2 aromatic carbocycles. The highest BCUT2D eigenvalue weighted by atomic mass is 16.5. The molecule has 2 N–H and O–H groups in total. The molecule has 1 aromatic heterocycles. The van der Waals surface area contributed by atoms with Gasteiger partial charge in [0, 0.05) is 10.9 Å². The van der Waals surface area contributed by atoms with E-state index < -0.39 is 6.09 Å². The number of alkyl carbamates (subject to hydrolysis) is 1. The molecule has 114 valence electrons. The maximum Gasteiger partial charge on any atom is 0.408 e. The number of ether oxygens (including phenoxy) is 1. The molecule has 0 radical (unpaired) electrons. The number of H-pyrrole nitrogens is 1. The summed E-state index contributed by atoms with van der Waals surface area (Å²) >= 11 is 0. The second-order valence-corrected chi connectivity index (χ2v) is 4.89. The molecule has 5 nitrogen and oxygen atoms in total. The minimum Gasteiger partial charge on any atom is -0.445 e. The molecule has 0 aliphatic rings. The van der Waals surface area contributed by atoms with Gasteiger partial charge in [-0.25, -0.2) is 4.79 Å². The van der Waals surface area contributed by atoms with E-state index in [4.69, 9.17) is 4.74 Å². The van der Waals surface area contributed by atoms with Gasteiger partial charge < -0.3 is 10.1 Å². The van der Waals surface area contributed by atoms with Crippen LogP contribution in [0.4, 0.5) is 4.79 Å². The molecule has 5 heteroatoms. The molecular formula is C18H15N3O2. The Hall–Kier alpha value is -3.26. The standard InChI is InChI=1S/C18H15N3O2/c22-18(23-13-15-5-2-1-3-6-15)19-10-4-7-14-8-9-17-16(11-14)12-20-21-17/h1-3,5-6,8-9,11-12H,10,13H2,(H,19,22)(H,20,21). The lowest BCUT2D eigenvalue weighted by Gasteiger charge is -2.04. The lowest BCUT2D eigenvalue weighted by atomic mass is 10.2. The largest absolute Gasteiger partial charge is 0.445 e. The van der Waals surface area contributed by atoms with Crippen molar-refractivity contribution in [1.82, 2.24) is 15.5 Å². The third-order valence-corrected chi connectivity index (χ3v) is 3.21. The second kappa shape index (κ2) is 7.14. The van der Waals surface area contributed by atoms with Crippen LogP contribution in [0.25, 0.3) is 10.9 Å². The molecule has 0 aliphatic heterocycles. The summed E-state index contributed by atoms with van der Waals surface area (Å²) in [5.74, 6) is 5.89. The van der Waals surface area contributed by atoms with Crippen LogP contribution in [0.3, 0.4) is 0 Å². The molecule has 0 aliphatic carbocycles. The van der Waals surface area contributed by atoms with Crippen LogP contribution in [-0.2, 0) is 11.3 Å². The van der Waals surface area contributed by atoms with Crippen LogP contribution in [0, 0.1) is 11.8 Å². The Balaban J connectivity index is 1.46. The van der Waals surface area contributed by atoms with Crippen LogP contribution < -0.4 is 5.32 Å². The third kappa shape index (κ3) is 4.11. The number of carbonyl (C=O) groups is 1. The van der Waals surface area contributed by atoms with Crippen molar-refractivity contribution >= 4 is 17.0 Å². The first kappa shape index (κ1) is 14.7. The van der Waals surface area contributed by atoms with Gasteiger partial charge in [-0.05, 0) is 23.8 Å². The highest BCUT2D eigenvalue weighted by Crippen LogP contribution is 2.11. The van der Waals surface area contributed by atoms with Gasteiger partial charge in [0.05, 0.1) is 18.3 Å². The smallest absolute Gasteiger partial charge is 0.408 e. The number of nitrogens with zero attached hydrogens (tertiary/aromatic N) is 1. The summed E-state index contributed by atoms with van der Waals surface area (Å²) in [6.45, 7) is 0.480. The van der Waals surface area contributed by atoms with E-state index in [1.54, 1.807) is 6.20 Å². The molecule has 3 aromatic rings. The van der Waals surface area contributed by atoms with E-state index in [0.717, 1.165) is 22.0 Å². The number of aromatic amines is 1. The molecule has 23 heavy (non-hydrogen) atoms. The van der Waals surface area contributed by atoms with E-state index in [1.165, 1.54) is 0 Å². The van der Waals surface area contributed by atoms with Gasteiger partial charge in [-0.3, -0.25) is 5.10 Å². The molecule has 1 amide bonds. The van der Waals surface area contributed by atoms with Gasteiger partial charge in [0.25, 0.3) is 0 Å². The Kier molecular flexibility index (Phi) is 4.55. The lowest BCUT2D eigenvalue weighted by Crippen LogP contribution is -2.24. The van der Waals surface area contributed by atoms with Crippen LogP contribution in [0.2, 0.25) is 0 Å². The summed E-state index contributed by atoms with van der Waals surface area (Å²) in [7, 11) is 0. The number of amides is 1. The Labute approximate surface area is 133 Å². The van der Waals surface area contributed by atoms with E-state index >= 15 is 0 Å². The molecule has 0 spiro atoms. The van der Waals surface area contributed by atoms with Crippen molar-refractivity contribution in [3.63, 3.8) is 0 Å². The fraction of sp³-hybridized carbons (Fsp3) is 0.111. The van der Waals surface area contributed by atoms with E-state index in [1.807, 2.05) is 48.5 Å². The van der Waals surface area contributed by atoms with Crippen molar-refractivity contribution in [2.45, 2.75) is 6.61 Å². The summed E-state index contributed by atoms with van der Waals surface area (Å²) < 4.78 is 5.10. The van der Waals surface area contributed by atoms with Gasteiger partial charge in [-0.1, -0.05) is 42.2 Å². The number of hydrogen-bond acceptors (Lipinski definition) is 3. The Morgan fingerprint density at radius 3 is 2.96 bits per heavy atom. The average molecular weight is 305 g/mol. The van der Waals surface area contributed by atoms with Crippen molar-refractivity contribution in [1.29, 1.82) is 0 Å². The van der Waals surface area contributed by atoms with E-state index in [9.17, 15) is 4.79 Å². The van der Waals surface area contributed by atoms with Gasteiger partial charge >= 0.3 is 6.09 Å². The summed E-state index contributed by atoms with van der Waals surface area (Å²) in [5, 5.41) is 10.5. The van der Waals surface area contributed by atoms with Gasteiger partial charge in [0.2, 0.25) is 0 Å². The maximum atomic E-state index is 11.6. The molecule has 0 unspecified atom stereocenters. The van der Waals surface area contributed by atoms with Crippen molar-refractivity contribution in [2.24, 2.45) is 0 Å². The van der Waals surface area contributed by atoms with Gasteiger partial charge in [0.1, 0.15) is 6.61 Å². The first-order chi connectivity index (χ1) is 11.3. The fourth-order valence-corrected chi connectivity index (χ4v) is 2.06. The predicted molar refractivity (Wildman–Crippen MR) is 87.6 cm³/mol. The van der Waals surface area contributed by atoms with Gasteiger partial charge in [-0.2, -0.15) is 5.10 Å². The van der Waals surface area contributed by atoms with Gasteiger partial charge in [-0.15, -0.1) is 0 Å². The van der Waals surface area contributed by atoms with Crippen LogP contribution >= 0.6 is 0 Å². The van der Waals surface area contributed by atoms with Crippen LogP contribution in [-0.4, -0.2) is 22.8 Å². The Bertz CT molecular complexity index is 860. The van der Waals surface area contributed by atoms with Crippen LogP contribution in [0.5, 0.6) is 0 Å². The molecule has 1 heterocycles. The molecule has 0 fully saturated rings. The number of carbonyl (C=O) groups excluding carboxylic acids is 1. The zero-order chi connectivity index (χ0) is 15.9. The summed E-state index contributed by atoms with van der Waals surface area (Å²) in [5.41, 5.74) is 2.79. The van der Waals surface area contributed by atoms with Gasteiger partial charge in [0.15, 0.2) is 0 Å². The van der Waals surface area contributed by atoms with Crippen LogP contribution in [0.1, 0.15) is 11.1 Å². The van der Waals surface area contributed by atoms with Crippen molar-refractivity contribution in [3.05, 3.63) is 65.9 Å². The van der Waals surface area contributed by atoms with E-state index in [-0.39, 0.29) is 13.2 Å². The third-order valence-electron chi connectivity index (χ3n) is 3.21. The minimum absolute atomic E-state index is 0.233. The predicted octanol–water partition coefficient (Wildman–Crippen LogP) is 2.84. The van der Waals surface area contributed by atoms with Crippen molar-refractivity contribution in [2.75, 3.05) is 6.54 Å². The first-order valence-corrected chi connectivity index (χ1v) is 7.18. The quantitative estimate of drug-likeness (QED) is 0.731. The summed E-state index contributed by atoms with van der Waals surface area (Å²) in [4.78, 5) is 11.6. The van der Waals surface area contributed by atoms with E-state index in [2.05, 4.69) is 27.4 Å². The maximum absolute atomic E-state index is 11.6. The number of fused-ring (bicyclic) bond motifs is 1. The Morgan fingerprint density at radius 1 is 1.22 bits per heavy atom. The summed E-state index contributed by atoms with van der Waals surface area (Å²) in [6.07, 6.45) is 1.27. The van der Waals surface area contributed by atoms with Crippen LogP contribution in [0.15, 0.2) is 54.7 Å². The fourth-order valence-electron chi connectivity index (χ4n) is 2.06. The highest BCUT2D eigenvalue weighted by molar-refractivity contribution is 5.79. The average Bonchev–Trinajstić information content (AvgIpc) is 3.05. The van der Waals surface area contributed by atoms with Crippen molar-refractivity contribution in [3.8, 4) is 11.8 Å². The molecule has 0 bridgehead atoms. The van der Waals surface area contributed by atoms with Crippen molar-refractivity contribution < 1.29 is 9.53 Å². The van der Waals surface area contributed by atoms with E-state index in [0.29, 0.717) is 0 Å². The molecular weight excluding hydrogens is 290 g/mol. The monoisotopic (exact) mass is 305 g/mol. The summed E-state index contributed by atoms with van der Waals surface area (Å²) in [6, 6.07) is 15.3. The number of aromatic nitrogens is 2. The zero-order valence-corrected chi connectivity index (χ0v) is 12.4. The SMILES string of the molecule is O=C(NCC#Cc1ccc2[nH]ncc2c1)OCc1ccccc1. The molecule has 3 rings (SSSR count). The number of nitrogens with one attached hydrogen (secondary N) is 2. The zero-order valence-electron chi connectivity index (χ0n) is 12.4. The molecule has 0 saturated heterocycles. The topological polar surface area (TPSA) is 67.0 Å². The second-order valence-electron chi connectivity index (χ2n) is 4.89. The number of hydrogen-bond donors (Lipinski definition) is 2. The minimum atomic E-state index is -0.478. The molecule has 0 saturated carbocycles.